The number of aromatic nitrogens is 4. The summed E-state index contributed by atoms with van der Waals surface area (Å²) in [6, 6.07) is 13.9. The summed E-state index contributed by atoms with van der Waals surface area (Å²) in [6.07, 6.45) is 3.72. The lowest BCUT2D eigenvalue weighted by Crippen LogP contribution is -2.31. The van der Waals surface area contributed by atoms with Crippen molar-refractivity contribution in [3.63, 3.8) is 0 Å². The zero-order valence-electron chi connectivity index (χ0n) is 18.6. The van der Waals surface area contributed by atoms with Crippen molar-refractivity contribution in [3.05, 3.63) is 65.7 Å². The van der Waals surface area contributed by atoms with Crippen LogP contribution in [0.25, 0.3) is 22.6 Å². The van der Waals surface area contributed by atoms with Gasteiger partial charge in [0.1, 0.15) is 23.0 Å². The lowest BCUT2D eigenvalue weighted by Gasteiger charge is -2.32. The van der Waals surface area contributed by atoms with Gasteiger partial charge in [-0.05, 0) is 74.6 Å². The third kappa shape index (κ3) is 4.44. The molecule has 1 fully saturated rings. The SMILES string of the molecule is Cc1nc(N[C@H](C)C2CCC2)c2c(n1)nc(-c1ccc(F)cc1)n2Cc1ccc(SF)cc1. The van der Waals surface area contributed by atoms with E-state index in [0.29, 0.717) is 34.7 Å². The fraction of sp³-hybridized carbons (Fsp3) is 0.320. The number of anilines is 1. The number of rotatable bonds is 7. The van der Waals surface area contributed by atoms with Crippen LogP contribution in [0.5, 0.6) is 0 Å². The minimum Gasteiger partial charge on any atom is -0.365 e. The number of fused-ring (bicyclic) bond motifs is 1. The molecule has 5 rings (SSSR count). The molecule has 0 aliphatic heterocycles. The predicted octanol–water partition coefficient (Wildman–Crippen LogP) is 6.57. The first-order chi connectivity index (χ1) is 16.0. The maximum Gasteiger partial charge on any atom is 0.183 e. The molecule has 0 radical (unpaired) electrons. The Balaban J connectivity index is 1.64. The van der Waals surface area contributed by atoms with E-state index in [1.807, 2.05) is 19.1 Å². The van der Waals surface area contributed by atoms with Crippen LogP contribution in [-0.2, 0) is 6.54 Å². The van der Waals surface area contributed by atoms with E-state index in [1.54, 1.807) is 24.3 Å². The number of hydrogen-bond donors (Lipinski definition) is 1. The van der Waals surface area contributed by atoms with Crippen molar-refractivity contribution in [1.82, 2.24) is 19.5 Å². The summed E-state index contributed by atoms with van der Waals surface area (Å²) in [5.74, 6) is 2.43. The Labute approximate surface area is 196 Å². The summed E-state index contributed by atoms with van der Waals surface area (Å²) in [6.45, 7) is 4.56. The lowest BCUT2D eigenvalue weighted by atomic mass is 9.80. The van der Waals surface area contributed by atoms with E-state index in [1.165, 1.54) is 31.4 Å². The van der Waals surface area contributed by atoms with Crippen LogP contribution >= 0.6 is 12.1 Å². The fourth-order valence-corrected chi connectivity index (χ4v) is 4.56. The van der Waals surface area contributed by atoms with Crippen LogP contribution in [0.4, 0.5) is 14.1 Å². The Bertz CT molecular complexity index is 1270. The van der Waals surface area contributed by atoms with E-state index < -0.39 is 0 Å². The molecule has 4 aromatic rings. The standard InChI is InChI=1S/C25H25F2N5S/c1-15(18-4-3-5-18)28-23-22-24(30-16(2)29-23)31-25(19-8-10-20(26)11-9-19)32(22)14-17-6-12-21(33-27)13-7-17/h6-13,15,18H,3-5,14H2,1-2H3,(H,28,29,30)/t15-/m1/s1. The number of aryl methyl sites for hydroxylation is 1. The summed E-state index contributed by atoms with van der Waals surface area (Å²) in [4.78, 5) is 14.7. The first-order valence-electron chi connectivity index (χ1n) is 11.2. The van der Waals surface area contributed by atoms with Gasteiger partial charge in [-0.25, -0.2) is 19.3 Å². The first kappa shape index (κ1) is 21.8. The highest BCUT2D eigenvalue weighted by Gasteiger charge is 2.26. The second-order valence-corrected chi connectivity index (χ2v) is 9.29. The average molecular weight is 466 g/mol. The molecular weight excluding hydrogens is 440 g/mol. The Morgan fingerprint density at radius 1 is 1.06 bits per heavy atom. The summed E-state index contributed by atoms with van der Waals surface area (Å²) in [5, 5.41) is 3.62. The molecule has 0 spiro atoms. The van der Waals surface area contributed by atoms with Crippen molar-refractivity contribution in [2.75, 3.05) is 5.32 Å². The average Bonchev–Trinajstić information content (AvgIpc) is 3.11. The highest BCUT2D eigenvalue weighted by atomic mass is 32.2. The third-order valence-corrected chi connectivity index (χ3v) is 6.84. The normalized spacial score (nSPS) is 14.9. The molecule has 1 aliphatic rings. The van der Waals surface area contributed by atoms with Crippen molar-refractivity contribution in [3.8, 4) is 11.4 Å². The van der Waals surface area contributed by atoms with Crippen molar-refractivity contribution in [1.29, 1.82) is 0 Å². The lowest BCUT2D eigenvalue weighted by molar-refractivity contribution is 0.285. The van der Waals surface area contributed by atoms with Gasteiger partial charge in [-0.3, -0.25) is 0 Å². The monoisotopic (exact) mass is 465 g/mol. The van der Waals surface area contributed by atoms with E-state index in [9.17, 15) is 8.28 Å². The second-order valence-electron chi connectivity index (χ2n) is 8.67. The van der Waals surface area contributed by atoms with Crippen LogP contribution < -0.4 is 5.32 Å². The largest absolute Gasteiger partial charge is 0.365 e. The van der Waals surface area contributed by atoms with E-state index in [0.717, 1.165) is 22.5 Å². The maximum atomic E-state index is 13.6. The molecule has 170 valence electrons. The summed E-state index contributed by atoms with van der Waals surface area (Å²) in [7, 11) is 0. The molecule has 2 aromatic carbocycles. The second kappa shape index (κ2) is 9.09. The molecule has 2 aromatic heterocycles. The summed E-state index contributed by atoms with van der Waals surface area (Å²) < 4.78 is 28.6. The van der Waals surface area contributed by atoms with Gasteiger partial charge in [0.25, 0.3) is 0 Å². The zero-order chi connectivity index (χ0) is 22.9. The topological polar surface area (TPSA) is 55.6 Å². The number of imidazole rings is 1. The molecule has 2 heterocycles. The van der Waals surface area contributed by atoms with Crippen molar-refractivity contribution < 1.29 is 8.28 Å². The van der Waals surface area contributed by atoms with Crippen molar-refractivity contribution in [2.45, 2.75) is 50.6 Å². The van der Waals surface area contributed by atoms with Gasteiger partial charge < -0.3 is 9.88 Å². The van der Waals surface area contributed by atoms with Gasteiger partial charge in [-0.2, -0.15) is 3.89 Å². The van der Waals surface area contributed by atoms with Crippen molar-refractivity contribution >= 4 is 29.1 Å². The highest BCUT2D eigenvalue weighted by molar-refractivity contribution is 7.94. The minimum absolute atomic E-state index is 0.226. The number of halogens is 2. The van der Waals surface area contributed by atoms with Crippen LogP contribution in [0.3, 0.4) is 0 Å². The Kier molecular flexibility index (Phi) is 6.01. The molecular formula is C25H25F2N5S. The number of benzene rings is 2. The summed E-state index contributed by atoms with van der Waals surface area (Å²) in [5.41, 5.74) is 3.20. The molecule has 1 atom stereocenters. The smallest absolute Gasteiger partial charge is 0.183 e. The van der Waals surface area contributed by atoms with Gasteiger partial charge in [0.2, 0.25) is 0 Å². The molecule has 33 heavy (non-hydrogen) atoms. The Morgan fingerprint density at radius 2 is 1.79 bits per heavy atom. The third-order valence-electron chi connectivity index (χ3n) is 6.39. The maximum absolute atomic E-state index is 13.6. The van der Waals surface area contributed by atoms with Crippen LogP contribution in [0, 0.1) is 18.7 Å². The van der Waals surface area contributed by atoms with E-state index in [2.05, 4.69) is 21.8 Å². The Morgan fingerprint density at radius 3 is 2.42 bits per heavy atom. The van der Waals surface area contributed by atoms with Gasteiger partial charge in [0.15, 0.2) is 11.5 Å². The number of nitrogens with one attached hydrogen (secondary N) is 1. The molecule has 0 amide bonds. The quantitative estimate of drug-likeness (QED) is 0.335. The van der Waals surface area contributed by atoms with Crippen LogP contribution in [0.2, 0.25) is 0 Å². The first-order valence-corrected chi connectivity index (χ1v) is 11.9. The van der Waals surface area contributed by atoms with E-state index >= 15 is 0 Å². The van der Waals surface area contributed by atoms with Crippen LogP contribution in [0.15, 0.2) is 53.4 Å². The number of nitrogens with zero attached hydrogens (tertiary/aromatic N) is 4. The minimum atomic E-state index is -0.298. The molecule has 1 N–H and O–H groups in total. The summed E-state index contributed by atoms with van der Waals surface area (Å²) >= 11 is 0.226. The molecule has 5 nitrogen and oxygen atoms in total. The van der Waals surface area contributed by atoms with Gasteiger partial charge in [0.05, 0.1) is 12.1 Å². The van der Waals surface area contributed by atoms with Crippen LogP contribution in [-0.4, -0.2) is 25.6 Å². The van der Waals surface area contributed by atoms with Gasteiger partial charge in [-0.1, -0.05) is 18.6 Å². The van der Waals surface area contributed by atoms with E-state index in [4.69, 9.17) is 9.97 Å². The van der Waals surface area contributed by atoms with Gasteiger partial charge in [0, 0.05) is 23.0 Å². The molecule has 0 bridgehead atoms. The number of hydrogen-bond acceptors (Lipinski definition) is 5. The predicted molar refractivity (Wildman–Crippen MR) is 128 cm³/mol. The van der Waals surface area contributed by atoms with Crippen LogP contribution in [0.1, 0.15) is 37.6 Å². The molecule has 8 heteroatoms. The molecule has 1 aliphatic carbocycles. The van der Waals surface area contributed by atoms with Gasteiger partial charge in [-0.15, -0.1) is 0 Å². The highest BCUT2D eigenvalue weighted by Crippen LogP contribution is 2.34. The molecule has 0 saturated heterocycles. The Hall–Kier alpha value is -3.00. The van der Waals surface area contributed by atoms with Gasteiger partial charge >= 0.3 is 0 Å². The molecule has 0 unspecified atom stereocenters. The van der Waals surface area contributed by atoms with E-state index in [-0.39, 0.29) is 24.0 Å². The molecule has 1 saturated carbocycles. The fourth-order valence-electron chi connectivity index (χ4n) is 4.32. The zero-order valence-corrected chi connectivity index (χ0v) is 19.4. The van der Waals surface area contributed by atoms with Crippen molar-refractivity contribution in [2.24, 2.45) is 5.92 Å².